The second-order valence-corrected chi connectivity index (χ2v) is 7.42. The molecule has 0 saturated heterocycles. The van der Waals surface area contributed by atoms with Crippen LogP contribution in [-0.4, -0.2) is 61.5 Å². The van der Waals surface area contributed by atoms with Gasteiger partial charge in [0.05, 0.1) is 19.8 Å². The first-order valence-corrected chi connectivity index (χ1v) is 11.3. The van der Waals surface area contributed by atoms with E-state index in [0.29, 0.717) is 18.4 Å². The van der Waals surface area contributed by atoms with Gasteiger partial charge in [0.2, 0.25) is 0 Å². The molecule has 12 nitrogen and oxygen atoms in total. The number of rotatable bonds is 13. The van der Waals surface area contributed by atoms with E-state index < -0.39 is 42.5 Å². The van der Waals surface area contributed by atoms with Gasteiger partial charge in [-0.3, -0.25) is 4.79 Å². The molecule has 12 heteroatoms. The standard InChI is InChI=1S/C23H33NO11/c1-5-10-31-22(28)34-17-9-8-15(13-18(17)35-23(29)32-11-6-2)16(19(24)20(25)26)12-14(4)33-21(27)30-7-3/h8-9,13-14,16,19H,5-7,10-12,24H2,1-4H3,(H,25,26)/t14?,16?,19-/m0/s1. The molecule has 0 fully saturated rings. The minimum absolute atomic E-state index is 0.00471. The quantitative estimate of drug-likeness (QED) is 0.228. The highest BCUT2D eigenvalue weighted by molar-refractivity contribution is 5.75. The molecule has 0 spiro atoms. The first kappa shape index (κ1) is 29.5. The van der Waals surface area contributed by atoms with Gasteiger partial charge in [0.1, 0.15) is 12.1 Å². The number of carboxylic acid groups (broad SMARTS) is 1. The van der Waals surface area contributed by atoms with E-state index in [1.165, 1.54) is 18.2 Å². The zero-order chi connectivity index (χ0) is 26.4. The van der Waals surface area contributed by atoms with Gasteiger partial charge in [-0.1, -0.05) is 19.9 Å². The Kier molecular flexibility index (Phi) is 13.0. The fraction of sp³-hybridized carbons (Fsp3) is 0.565. The summed E-state index contributed by atoms with van der Waals surface area (Å²) in [4.78, 5) is 47.3. The van der Waals surface area contributed by atoms with Crippen LogP contribution in [0.5, 0.6) is 11.5 Å². The highest BCUT2D eigenvalue weighted by Gasteiger charge is 2.30. The zero-order valence-corrected chi connectivity index (χ0v) is 20.3. The summed E-state index contributed by atoms with van der Waals surface area (Å²) in [7, 11) is 0. The van der Waals surface area contributed by atoms with Crippen LogP contribution in [0.15, 0.2) is 18.2 Å². The molecule has 2 unspecified atom stereocenters. The SMILES string of the molecule is CCCOC(=O)Oc1ccc(C(CC(C)OC(=O)OCC)[C@H](N)C(=O)O)cc1OC(=O)OCCC. The summed E-state index contributed by atoms with van der Waals surface area (Å²) in [5.41, 5.74) is 6.24. The third kappa shape index (κ3) is 10.5. The fourth-order valence-electron chi connectivity index (χ4n) is 2.91. The van der Waals surface area contributed by atoms with Crippen LogP contribution in [0, 0.1) is 0 Å². The van der Waals surface area contributed by atoms with E-state index in [1.807, 2.05) is 0 Å². The second-order valence-electron chi connectivity index (χ2n) is 7.42. The van der Waals surface area contributed by atoms with E-state index in [0.717, 1.165) is 0 Å². The summed E-state index contributed by atoms with van der Waals surface area (Å²) in [5.74, 6) is -2.54. The fourth-order valence-corrected chi connectivity index (χ4v) is 2.91. The van der Waals surface area contributed by atoms with Gasteiger partial charge in [-0.15, -0.1) is 0 Å². The Morgan fingerprint density at radius 1 is 0.886 bits per heavy atom. The largest absolute Gasteiger partial charge is 0.513 e. The van der Waals surface area contributed by atoms with E-state index in [1.54, 1.807) is 27.7 Å². The number of aliphatic carboxylic acids is 1. The van der Waals surface area contributed by atoms with Crippen LogP contribution in [-0.2, 0) is 23.7 Å². The Hall–Kier alpha value is -3.54. The number of hydrogen-bond acceptors (Lipinski definition) is 11. The van der Waals surface area contributed by atoms with Gasteiger partial charge in [0, 0.05) is 5.92 Å². The topological polar surface area (TPSA) is 170 Å². The number of carbonyl (C=O) groups is 4. The van der Waals surface area contributed by atoms with Gasteiger partial charge in [0.15, 0.2) is 11.5 Å². The van der Waals surface area contributed by atoms with Crippen molar-refractivity contribution < 1.29 is 52.7 Å². The number of ether oxygens (including phenoxy) is 6. The lowest BCUT2D eigenvalue weighted by Gasteiger charge is -2.25. The Morgan fingerprint density at radius 3 is 1.97 bits per heavy atom. The van der Waals surface area contributed by atoms with E-state index in [-0.39, 0.29) is 37.7 Å². The Labute approximate surface area is 203 Å². The van der Waals surface area contributed by atoms with Crippen molar-refractivity contribution in [3.63, 3.8) is 0 Å². The van der Waals surface area contributed by atoms with Crippen molar-refractivity contribution in [2.24, 2.45) is 5.73 Å². The van der Waals surface area contributed by atoms with Crippen LogP contribution in [0.1, 0.15) is 58.4 Å². The molecular weight excluding hydrogens is 466 g/mol. The molecule has 0 aliphatic carbocycles. The molecule has 196 valence electrons. The molecule has 1 aromatic rings. The van der Waals surface area contributed by atoms with E-state index >= 15 is 0 Å². The van der Waals surface area contributed by atoms with Crippen molar-refractivity contribution in [1.29, 1.82) is 0 Å². The molecule has 1 rings (SSSR count). The maximum absolute atomic E-state index is 12.1. The minimum Gasteiger partial charge on any atom is -0.480 e. The highest BCUT2D eigenvalue weighted by Crippen LogP contribution is 2.35. The third-order valence-electron chi connectivity index (χ3n) is 4.49. The molecular formula is C23H33NO11. The molecule has 0 aromatic heterocycles. The van der Waals surface area contributed by atoms with Crippen molar-refractivity contribution in [2.75, 3.05) is 19.8 Å². The Morgan fingerprint density at radius 2 is 1.46 bits per heavy atom. The summed E-state index contributed by atoms with van der Waals surface area (Å²) < 4.78 is 30.0. The molecule has 0 aliphatic rings. The molecule has 35 heavy (non-hydrogen) atoms. The number of nitrogens with two attached hydrogens (primary N) is 1. The molecule has 0 radical (unpaired) electrons. The van der Waals surface area contributed by atoms with Crippen molar-refractivity contribution in [3.8, 4) is 11.5 Å². The van der Waals surface area contributed by atoms with E-state index in [9.17, 15) is 24.3 Å². The minimum atomic E-state index is -1.40. The van der Waals surface area contributed by atoms with Gasteiger partial charge >= 0.3 is 24.4 Å². The van der Waals surface area contributed by atoms with Crippen molar-refractivity contribution in [3.05, 3.63) is 23.8 Å². The lowest BCUT2D eigenvalue weighted by molar-refractivity contribution is -0.139. The van der Waals surface area contributed by atoms with Crippen LogP contribution >= 0.6 is 0 Å². The van der Waals surface area contributed by atoms with Gasteiger partial charge in [-0.25, -0.2) is 14.4 Å². The van der Waals surface area contributed by atoms with Gasteiger partial charge in [0.25, 0.3) is 0 Å². The molecule has 1 aromatic carbocycles. The molecule has 0 heterocycles. The van der Waals surface area contributed by atoms with Crippen molar-refractivity contribution >= 4 is 24.4 Å². The average molecular weight is 500 g/mol. The normalized spacial score (nSPS) is 13.1. The van der Waals surface area contributed by atoms with Crippen LogP contribution < -0.4 is 15.2 Å². The lowest BCUT2D eigenvalue weighted by Crippen LogP contribution is -2.38. The second kappa shape index (κ2) is 15.4. The number of carbonyl (C=O) groups excluding carboxylic acids is 3. The van der Waals surface area contributed by atoms with Crippen molar-refractivity contribution in [1.82, 2.24) is 0 Å². The average Bonchev–Trinajstić information content (AvgIpc) is 2.80. The predicted octanol–water partition coefficient (Wildman–Crippen LogP) is 3.98. The summed E-state index contributed by atoms with van der Waals surface area (Å²) in [6.45, 7) is 7.11. The van der Waals surface area contributed by atoms with Crippen LogP contribution in [0.2, 0.25) is 0 Å². The molecule has 3 N–H and O–H groups in total. The lowest BCUT2D eigenvalue weighted by atomic mass is 9.87. The predicted molar refractivity (Wildman–Crippen MR) is 122 cm³/mol. The maximum atomic E-state index is 12.1. The maximum Gasteiger partial charge on any atom is 0.513 e. The smallest absolute Gasteiger partial charge is 0.480 e. The first-order chi connectivity index (χ1) is 16.6. The van der Waals surface area contributed by atoms with Gasteiger partial charge in [-0.05, 0) is 50.8 Å². The van der Waals surface area contributed by atoms with Crippen LogP contribution in [0.3, 0.4) is 0 Å². The summed E-state index contributed by atoms with van der Waals surface area (Å²) in [6.07, 6.45) is -2.60. The zero-order valence-electron chi connectivity index (χ0n) is 20.3. The van der Waals surface area contributed by atoms with Gasteiger partial charge in [-0.2, -0.15) is 0 Å². The molecule has 0 amide bonds. The number of carboxylic acids is 1. The van der Waals surface area contributed by atoms with E-state index in [4.69, 9.17) is 34.2 Å². The summed E-state index contributed by atoms with van der Waals surface area (Å²) in [6, 6.07) is 2.67. The van der Waals surface area contributed by atoms with Crippen LogP contribution in [0.4, 0.5) is 14.4 Å². The number of benzene rings is 1. The monoisotopic (exact) mass is 499 g/mol. The highest BCUT2D eigenvalue weighted by atomic mass is 16.7. The van der Waals surface area contributed by atoms with Crippen LogP contribution in [0.25, 0.3) is 0 Å². The Bertz CT molecular complexity index is 858. The summed E-state index contributed by atoms with van der Waals surface area (Å²) >= 11 is 0. The first-order valence-electron chi connectivity index (χ1n) is 11.3. The number of hydrogen-bond donors (Lipinski definition) is 2. The molecule has 0 saturated carbocycles. The van der Waals surface area contributed by atoms with Crippen molar-refractivity contribution in [2.45, 2.75) is 65.0 Å². The Balaban J connectivity index is 3.28. The molecule has 0 bridgehead atoms. The summed E-state index contributed by atoms with van der Waals surface area (Å²) in [5, 5.41) is 9.51. The van der Waals surface area contributed by atoms with Gasteiger partial charge < -0.3 is 39.3 Å². The molecule has 0 aliphatic heterocycles. The van der Waals surface area contributed by atoms with E-state index in [2.05, 4.69) is 0 Å². The molecule has 3 atom stereocenters. The third-order valence-corrected chi connectivity index (χ3v) is 4.49.